The molecular formula is C14H18FN5. The van der Waals surface area contributed by atoms with Gasteiger partial charge in [-0.3, -0.25) is 0 Å². The lowest BCUT2D eigenvalue weighted by Crippen LogP contribution is -2.43. The quantitative estimate of drug-likeness (QED) is 0.921. The molecule has 0 radical (unpaired) electrons. The van der Waals surface area contributed by atoms with Crippen molar-refractivity contribution < 1.29 is 4.39 Å². The molecule has 1 atom stereocenters. The van der Waals surface area contributed by atoms with E-state index in [9.17, 15) is 0 Å². The van der Waals surface area contributed by atoms with Crippen LogP contribution in [0, 0.1) is 0 Å². The second-order valence-corrected chi connectivity index (χ2v) is 5.27. The zero-order chi connectivity index (χ0) is 14.0. The van der Waals surface area contributed by atoms with E-state index in [1.165, 1.54) is 4.80 Å². The SMILES string of the molecule is Cn1nnc(C(c2ccccc2)C2(F)CCNCC2)n1. The highest BCUT2D eigenvalue weighted by atomic mass is 19.1. The van der Waals surface area contributed by atoms with Gasteiger partial charge < -0.3 is 5.32 Å². The van der Waals surface area contributed by atoms with Crippen LogP contribution in [0.25, 0.3) is 0 Å². The molecule has 3 rings (SSSR count). The summed E-state index contributed by atoms with van der Waals surface area (Å²) in [5.41, 5.74) is -0.416. The fourth-order valence-corrected chi connectivity index (χ4v) is 2.87. The lowest BCUT2D eigenvalue weighted by atomic mass is 9.77. The summed E-state index contributed by atoms with van der Waals surface area (Å²) < 4.78 is 15.5. The van der Waals surface area contributed by atoms with Crippen LogP contribution in [-0.4, -0.2) is 39.0 Å². The van der Waals surface area contributed by atoms with E-state index in [0.717, 1.165) is 5.56 Å². The summed E-state index contributed by atoms with van der Waals surface area (Å²) in [6, 6.07) is 9.64. The molecule has 1 aliphatic heterocycles. The predicted molar refractivity (Wildman–Crippen MR) is 73.0 cm³/mol. The van der Waals surface area contributed by atoms with Crippen LogP contribution >= 0.6 is 0 Å². The number of piperidine rings is 1. The summed E-state index contributed by atoms with van der Waals surface area (Å²) in [5, 5.41) is 15.4. The van der Waals surface area contributed by atoms with E-state index >= 15 is 4.39 Å². The molecule has 1 saturated heterocycles. The molecule has 1 unspecified atom stereocenters. The molecule has 1 aromatic carbocycles. The third kappa shape index (κ3) is 2.43. The average Bonchev–Trinajstić information content (AvgIpc) is 2.87. The highest BCUT2D eigenvalue weighted by Gasteiger charge is 2.44. The summed E-state index contributed by atoms with van der Waals surface area (Å²) in [7, 11) is 1.70. The number of aryl methyl sites for hydroxylation is 1. The number of benzene rings is 1. The maximum atomic E-state index is 15.5. The smallest absolute Gasteiger partial charge is 0.185 e. The molecule has 2 heterocycles. The van der Waals surface area contributed by atoms with Crippen molar-refractivity contribution in [1.82, 2.24) is 25.5 Å². The number of nitrogens with one attached hydrogen (secondary N) is 1. The molecule has 1 N–H and O–H groups in total. The van der Waals surface area contributed by atoms with Gasteiger partial charge in [-0.15, -0.1) is 10.2 Å². The molecule has 1 aromatic heterocycles. The number of aromatic nitrogens is 4. The van der Waals surface area contributed by atoms with Crippen LogP contribution in [0.4, 0.5) is 4.39 Å². The first-order chi connectivity index (χ1) is 9.69. The monoisotopic (exact) mass is 275 g/mol. The van der Waals surface area contributed by atoms with Gasteiger partial charge in [0, 0.05) is 0 Å². The van der Waals surface area contributed by atoms with Crippen LogP contribution in [0.1, 0.15) is 30.1 Å². The third-order valence-corrected chi connectivity index (χ3v) is 3.87. The van der Waals surface area contributed by atoms with Gasteiger partial charge >= 0.3 is 0 Å². The van der Waals surface area contributed by atoms with Crippen LogP contribution in [-0.2, 0) is 7.05 Å². The minimum atomic E-state index is -1.32. The maximum absolute atomic E-state index is 15.5. The zero-order valence-electron chi connectivity index (χ0n) is 11.5. The van der Waals surface area contributed by atoms with Gasteiger partial charge in [-0.2, -0.15) is 4.80 Å². The Hall–Kier alpha value is -1.82. The van der Waals surface area contributed by atoms with E-state index in [4.69, 9.17) is 0 Å². The van der Waals surface area contributed by atoms with Crippen LogP contribution in [0.5, 0.6) is 0 Å². The molecule has 6 heteroatoms. The van der Waals surface area contributed by atoms with Crippen molar-refractivity contribution in [2.24, 2.45) is 7.05 Å². The Morgan fingerprint density at radius 1 is 1.25 bits per heavy atom. The number of rotatable bonds is 3. The molecule has 1 aliphatic rings. The molecule has 106 valence electrons. The molecule has 0 saturated carbocycles. The van der Waals surface area contributed by atoms with Gasteiger partial charge in [0.2, 0.25) is 0 Å². The van der Waals surface area contributed by atoms with Gasteiger partial charge in [0.1, 0.15) is 5.67 Å². The van der Waals surface area contributed by atoms with Gasteiger partial charge in [0.05, 0.1) is 13.0 Å². The van der Waals surface area contributed by atoms with Gasteiger partial charge in [0.15, 0.2) is 5.82 Å². The van der Waals surface area contributed by atoms with Gasteiger partial charge in [0.25, 0.3) is 0 Å². The van der Waals surface area contributed by atoms with Gasteiger partial charge in [-0.1, -0.05) is 30.3 Å². The van der Waals surface area contributed by atoms with Crippen LogP contribution < -0.4 is 5.32 Å². The van der Waals surface area contributed by atoms with Crippen molar-refractivity contribution >= 4 is 0 Å². The minimum absolute atomic E-state index is 0.459. The highest BCUT2D eigenvalue weighted by Crippen LogP contribution is 2.41. The molecule has 1 fully saturated rings. The summed E-state index contributed by atoms with van der Waals surface area (Å²) in [5.74, 6) is 0.00241. The number of hydrogen-bond donors (Lipinski definition) is 1. The number of halogens is 1. The Morgan fingerprint density at radius 3 is 2.55 bits per heavy atom. The summed E-state index contributed by atoms with van der Waals surface area (Å²) >= 11 is 0. The molecule has 0 spiro atoms. The van der Waals surface area contributed by atoms with Gasteiger partial charge in [-0.25, -0.2) is 4.39 Å². The Morgan fingerprint density at radius 2 is 1.95 bits per heavy atom. The molecule has 0 amide bonds. The van der Waals surface area contributed by atoms with E-state index < -0.39 is 11.6 Å². The van der Waals surface area contributed by atoms with Crippen molar-refractivity contribution in [2.75, 3.05) is 13.1 Å². The van der Waals surface area contributed by atoms with Crippen molar-refractivity contribution in [2.45, 2.75) is 24.4 Å². The molecule has 2 aromatic rings. The second kappa shape index (κ2) is 5.28. The van der Waals surface area contributed by atoms with E-state index in [0.29, 0.717) is 31.8 Å². The second-order valence-electron chi connectivity index (χ2n) is 5.27. The highest BCUT2D eigenvalue weighted by molar-refractivity contribution is 5.29. The Kier molecular flexibility index (Phi) is 3.48. The number of tetrazole rings is 1. The summed E-state index contributed by atoms with van der Waals surface area (Å²) in [4.78, 5) is 1.38. The maximum Gasteiger partial charge on any atom is 0.185 e. The number of alkyl halides is 1. The van der Waals surface area contributed by atoms with E-state index in [1.54, 1.807) is 7.05 Å². The number of nitrogens with zero attached hydrogens (tertiary/aromatic N) is 4. The predicted octanol–water partition coefficient (Wildman–Crippen LogP) is 1.43. The fourth-order valence-electron chi connectivity index (χ4n) is 2.87. The fraction of sp³-hybridized carbons (Fsp3) is 0.500. The largest absolute Gasteiger partial charge is 0.316 e. The van der Waals surface area contributed by atoms with Crippen LogP contribution in [0.3, 0.4) is 0 Å². The first-order valence-corrected chi connectivity index (χ1v) is 6.87. The van der Waals surface area contributed by atoms with Crippen molar-refractivity contribution in [1.29, 1.82) is 0 Å². The van der Waals surface area contributed by atoms with Crippen molar-refractivity contribution in [3.8, 4) is 0 Å². The zero-order valence-corrected chi connectivity index (χ0v) is 11.5. The number of hydrogen-bond acceptors (Lipinski definition) is 4. The Labute approximate surface area is 117 Å². The van der Waals surface area contributed by atoms with Gasteiger partial charge in [-0.05, 0) is 36.7 Å². The van der Waals surface area contributed by atoms with Crippen LogP contribution in [0.15, 0.2) is 30.3 Å². The molecule has 5 nitrogen and oxygen atoms in total. The third-order valence-electron chi connectivity index (χ3n) is 3.87. The normalized spacial score (nSPS) is 19.7. The van der Waals surface area contributed by atoms with Crippen LogP contribution in [0.2, 0.25) is 0 Å². The Bertz CT molecular complexity index is 562. The van der Waals surface area contributed by atoms with E-state index in [1.807, 2.05) is 30.3 Å². The molecular weight excluding hydrogens is 257 g/mol. The summed E-state index contributed by atoms with van der Waals surface area (Å²) in [6.07, 6.45) is 0.926. The molecule has 0 bridgehead atoms. The molecule has 20 heavy (non-hydrogen) atoms. The lowest BCUT2D eigenvalue weighted by molar-refractivity contribution is 0.0925. The minimum Gasteiger partial charge on any atom is -0.316 e. The van der Waals surface area contributed by atoms with E-state index in [-0.39, 0.29) is 0 Å². The first kappa shape index (κ1) is 13.2. The van der Waals surface area contributed by atoms with Crippen molar-refractivity contribution in [3.05, 3.63) is 41.7 Å². The Balaban J connectivity index is 2.03. The van der Waals surface area contributed by atoms with E-state index in [2.05, 4.69) is 20.7 Å². The first-order valence-electron chi connectivity index (χ1n) is 6.87. The molecule has 0 aliphatic carbocycles. The summed E-state index contributed by atoms with van der Waals surface area (Å²) in [6.45, 7) is 1.36. The van der Waals surface area contributed by atoms with Crippen molar-refractivity contribution in [3.63, 3.8) is 0 Å². The topological polar surface area (TPSA) is 55.6 Å². The average molecular weight is 275 g/mol. The standard InChI is InChI=1S/C14H18FN5/c1-20-18-13(17-19-20)12(11-5-3-2-4-6-11)14(15)7-9-16-10-8-14/h2-6,12,16H,7-10H2,1H3. The lowest BCUT2D eigenvalue weighted by Gasteiger charge is -2.35.